The van der Waals surface area contributed by atoms with Crippen LogP contribution in [0.5, 0.6) is 0 Å². The Bertz CT molecular complexity index is 830. The highest BCUT2D eigenvalue weighted by Gasteiger charge is 2.28. The van der Waals surface area contributed by atoms with Crippen LogP contribution in [0.25, 0.3) is 11.1 Å². The average Bonchev–Trinajstić information content (AvgIpc) is 2.42. The lowest BCUT2D eigenvalue weighted by Gasteiger charge is -2.13. The largest absolute Gasteiger partial charge is 0.477 e. The number of carboxylic acid groups (broad SMARTS) is 1. The number of pyridine rings is 1. The van der Waals surface area contributed by atoms with Gasteiger partial charge in [-0.15, -0.1) is 0 Å². The van der Waals surface area contributed by atoms with Crippen LogP contribution >= 0.6 is 15.9 Å². The van der Waals surface area contributed by atoms with Crippen molar-refractivity contribution < 1.29 is 27.5 Å². The third-order valence-electron chi connectivity index (χ3n) is 2.90. The Morgan fingerprint density at radius 2 is 1.91 bits per heavy atom. The Kier molecular flexibility index (Phi) is 4.60. The van der Waals surface area contributed by atoms with E-state index in [1.165, 1.54) is 12.1 Å². The second-order valence-electron chi connectivity index (χ2n) is 4.64. The molecule has 1 aromatic carbocycles. The summed E-state index contributed by atoms with van der Waals surface area (Å²) in [5.41, 5.74) is -1.92. The highest BCUT2D eigenvalue weighted by molar-refractivity contribution is 9.10. The molecule has 0 bridgehead atoms. The van der Waals surface area contributed by atoms with Crippen molar-refractivity contribution in [1.29, 1.82) is 0 Å². The molecule has 0 unspecified atom stereocenters. The van der Waals surface area contributed by atoms with Crippen LogP contribution in [0.15, 0.2) is 39.9 Å². The maximum atomic E-state index is 13.3. The fraction of sp³-hybridized carbons (Fsp3) is 0.143. The highest BCUT2D eigenvalue weighted by atomic mass is 79.9. The molecule has 0 aliphatic heterocycles. The first-order chi connectivity index (χ1) is 10.6. The van der Waals surface area contributed by atoms with E-state index in [1.807, 2.05) is 0 Å². The minimum Gasteiger partial charge on any atom is -0.477 e. The summed E-state index contributed by atoms with van der Waals surface area (Å²) >= 11 is 2.90. The number of benzene rings is 1. The standard InChI is InChI=1S/C14H8BrF4NO3/c15-10-3-7(1-2-11(10)16)8-4-20(6-14(17,18)19)5-9(12(8)21)13(22)23/h1-5H,6H2,(H,22,23). The molecule has 1 heterocycles. The monoisotopic (exact) mass is 393 g/mol. The molecule has 2 rings (SSSR count). The van der Waals surface area contributed by atoms with Gasteiger partial charge < -0.3 is 9.67 Å². The molecule has 0 spiro atoms. The molecule has 0 amide bonds. The molecule has 23 heavy (non-hydrogen) atoms. The maximum Gasteiger partial charge on any atom is 0.406 e. The smallest absolute Gasteiger partial charge is 0.406 e. The van der Waals surface area contributed by atoms with E-state index in [1.54, 1.807) is 0 Å². The molecule has 0 saturated heterocycles. The fourth-order valence-electron chi connectivity index (χ4n) is 1.95. The molecule has 0 saturated carbocycles. The topological polar surface area (TPSA) is 59.3 Å². The van der Waals surface area contributed by atoms with Gasteiger partial charge in [-0.25, -0.2) is 9.18 Å². The Morgan fingerprint density at radius 1 is 1.26 bits per heavy atom. The molecule has 0 fully saturated rings. The average molecular weight is 394 g/mol. The highest BCUT2D eigenvalue weighted by Crippen LogP contribution is 2.24. The minimum absolute atomic E-state index is 0.00232. The van der Waals surface area contributed by atoms with Gasteiger partial charge in [-0.1, -0.05) is 6.07 Å². The molecule has 0 radical (unpaired) electrons. The van der Waals surface area contributed by atoms with Crippen LogP contribution in [0, 0.1) is 5.82 Å². The predicted octanol–water partition coefficient (Wildman–Crippen LogP) is 3.68. The SMILES string of the molecule is O=C(O)c1cn(CC(F)(F)F)cc(-c2ccc(F)c(Br)c2)c1=O. The van der Waals surface area contributed by atoms with E-state index in [4.69, 9.17) is 5.11 Å². The zero-order valence-corrected chi connectivity index (χ0v) is 12.8. The van der Waals surface area contributed by atoms with Crippen LogP contribution in [0.3, 0.4) is 0 Å². The van der Waals surface area contributed by atoms with Crippen molar-refractivity contribution in [2.75, 3.05) is 0 Å². The van der Waals surface area contributed by atoms with E-state index in [0.717, 1.165) is 12.3 Å². The van der Waals surface area contributed by atoms with Crippen LogP contribution in [0.4, 0.5) is 17.6 Å². The van der Waals surface area contributed by atoms with E-state index < -0.39 is 35.5 Å². The van der Waals surface area contributed by atoms with Gasteiger partial charge in [0.1, 0.15) is 17.9 Å². The summed E-state index contributed by atoms with van der Waals surface area (Å²) in [6.07, 6.45) is -3.08. The zero-order chi connectivity index (χ0) is 17.4. The first kappa shape index (κ1) is 17.2. The Morgan fingerprint density at radius 3 is 2.43 bits per heavy atom. The molecule has 2 aromatic rings. The Balaban J connectivity index is 2.68. The molecule has 0 aliphatic rings. The molecule has 0 aliphatic carbocycles. The molecular weight excluding hydrogens is 386 g/mol. The number of alkyl halides is 3. The summed E-state index contributed by atoms with van der Waals surface area (Å²) in [5.74, 6) is -2.27. The summed E-state index contributed by atoms with van der Waals surface area (Å²) in [7, 11) is 0. The van der Waals surface area contributed by atoms with Gasteiger partial charge in [-0.2, -0.15) is 13.2 Å². The normalized spacial score (nSPS) is 11.5. The van der Waals surface area contributed by atoms with Crippen LogP contribution in [-0.4, -0.2) is 21.8 Å². The van der Waals surface area contributed by atoms with Gasteiger partial charge in [-0.3, -0.25) is 4.79 Å². The van der Waals surface area contributed by atoms with Crippen LogP contribution in [0.1, 0.15) is 10.4 Å². The second-order valence-corrected chi connectivity index (χ2v) is 5.49. The molecule has 1 N–H and O–H groups in total. The van der Waals surface area contributed by atoms with E-state index in [2.05, 4.69) is 15.9 Å². The van der Waals surface area contributed by atoms with Gasteiger partial charge in [0.2, 0.25) is 5.43 Å². The summed E-state index contributed by atoms with van der Waals surface area (Å²) < 4.78 is 51.4. The molecular formula is C14H8BrF4NO3. The van der Waals surface area contributed by atoms with Crippen molar-refractivity contribution >= 4 is 21.9 Å². The predicted molar refractivity (Wildman–Crippen MR) is 76.8 cm³/mol. The number of nitrogens with zero attached hydrogens (tertiary/aromatic N) is 1. The van der Waals surface area contributed by atoms with Gasteiger partial charge in [0.25, 0.3) is 0 Å². The Hall–Kier alpha value is -2.16. The van der Waals surface area contributed by atoms with E-state index in [9.17, 15) is 27.2 Å². The lowest BCUT2D eigenvalue weighted by Crippen LogP contribution is -2.24. The number of hydrogen-bond acceptors (Lipinski definition) is 2. The van der Waals surface area contributed by atoms with Crippen molar-refractivity contribution in [3.8, 4) is 11.1 Å². The molecule has 1 aromatic heterocycles. The number of aromatic nitrogens is 1. The van der Waals surface area contributed by atoms with Gasteiger partial charge in [0.05, 0.1) is 4.47 Å². The number of rotatable bonds is 3. The maximum absolute atomic E-state index is 13.3. The van der Waals surface area contributed by atoms with E-state index in [-0.39, 0.29) is 15.6 Å². The quantitative estimate of drug-likeness (QED) is 0.809. The van der Waals surface area contributed by atoms with E-state index in [0.29, 0.717) is 10.8 Å². The number of aromatic carboxylic acids is 1. The fourth-order valence-corrected chi connectivity index (χ4v) is 2.33. The van der Waals surface area contributed by atoms with Crippen LogP contribution < -0.4 is 5.43 Å². The lowest BCUT2D eigenvalue weighted by molar-refractivity contribution is -0.140. The van der Waals surface area contributed by atoms with Crippen molar-refractivity contribution in [1.82, 2.24) is 4.57 Å². The van der Waals surface area contributed by atoms with Crippen molar-refractivity contribution in [2.24, 2.45) is 0 Å². The zero-order valence-electron chi connectivity index (χ0n) is 11.2. The summed E-state index contributed by atoms with van der Waals surface area (Å²) in [5, 5.41) is 8.99. The lowest BCUT2D eigenvalue weighted by atomic mass is 10.0. The van der Waals surface area contributed by atoms with Gasteiger partial charge in [0, 0.05) is 18.0 Å². The number of halogens is 5. The summed E-state index contributed by atoms with van der Waals surface area (Å²) in [6, 6.07) is 3.39. The second kappa shape index (κ2) is 6.15. The first-order valence-corrected chi connectivity index (χ1v) is 6.87. The molecule has 4 nitrogen and oxygen atoms in total. The first-order valence-electron chi connectivity index (χ1n) is 6.08. The minimum atomic E-state index is -4.59. The summed E-state index contributed by atoms with van der Waals surface area (Å²) in [6.45, 7) is -1.46. The molecule has 0 atom stereocenters. The van der Waals surface area contributed by atoms with Crippen molar-refractivity contribution in [3.63, 3.8) is 0 Å². The third kappa shape index (κ3) is 3.98. The van der Waals surface area contributed by atoms with E-state index >= 15 is 0 Å². The number of carboxylic acids is 1. The summed E-state index contributed by atoms with van der Waals surface area (Å²) in [4.78, 5) is 23.2. The third-order valence-corrected chi connectivity index (χ3v) is 3.51. The van der Waals surface area contributed by atoms with Crippen LogP contribution in [-0.2, 0) is 6.54 Å². The number of hydrogen-bond donors (Lipinski definition) is 1. The van der Waals surface area contributed by atoms with Gasteiger partial charge >= 0.3 is 12.1 Å². The number of carbonyl (C=O) groups is 1. The molecule has 122 valence electrons. The molecule has 9 heteroatoms. The van der Waals surface area contributed by atoms with Crippen molar-refractivity contribution in [2.45, 2.75) is 12.7 Å². The van der Waals surface area contributed by atoms with Crippen molar-refractivity contribution in [3.05, 3.63) is 56.7 Å². The van der Waals surface area contributed by atoms with Gasteiger partial charge in [0.15, 0.2) is 0 Å². The van der Waals surface area contributed by atoms with Crippen LogP contribution in [0.2, 0.25) is 0 Å². The Labute approximate surface area is 135 Å². The van der Waals surface area contributed by atoms with Gasteiger partial charge in [-0.05, 0) is 33.6 Å².